The van der Waals surface area contributed by atoms with Crippen molar-refractivity contribution in [2.24, 2.45) is 0 Å². The minimum absolute atomic E-state index is 0.0129. The van der Waals surface area contributed by atoms with Gasteiger partial charge in [-0.25, -0.2) is 9.97 Å². The lowest BCUT2D eigenvalue weighted by atomic mass is 9.91. The van der Waals surface area contributed by atoms with Gasteiger partial charge in [-0.1, -0.05) is 139 Å². The third kappa shape index (κ3) is 4.51. The molecule has 0 spiro atoms. The van der Waals surface area contributed by atoms with Crippen LogP contribution in [0.2, 0.25) is 0 Å². The molecule has 0 atom stereocenters. The molecule has 228 valence electrons. The summed E-state index contributed by atoms with van der Waals surface area (Å²) in [5.74, 6) is 0. The summed E-state index contributed by atoms with van der Waals surface area (Å²) < 4.78 is 104. The Morgan fingerprint density at radius 3 is 1.73 bits per heavy atom. The standard InChI is InChI=1S/C46H28N2O/c1-2-9-29(10-3-1)30-17-19-31(20-18-30)33-22-24-43-42(27-33)45-46(49-43)44(47-28-48-45)35-12-8-11-32(25-35)34-21-23-40-38-15-5-4-13-36(38)37-14-6-7-16-39(37)41(40)26-34/h1-28H/i4D,5D,6D,7D,13D,14D,15D,16D,21D,23D,26D. The molecule has 0 saturated carbocycles. The first-order valence-electron chi connectivity index (χ1n) is 21.2. The van der Waals surface area contributed by atoms with Crippen LogP contribution in [0, 0.1) is 0 Å². The fourth-order valence-electron chi connectivity index (χ4n) is 6.57. The highest BCUT2D eigenvalue weighted by molar-refractivity contribution is 6.25. The van der Waals surface area contributed by atoms with Crippen molar-refractivity contribution in [1.82, 2.24) is 9.97 Å². The molecular formula is C46H28N2O. The molecule has 49 heavy (non-hydrogen) atoms. The molecule has 0 amide bonds. The van der Waals surface area contributed by atoms with Crippen LogP contribution < -0.4 is 0 Å². The molecule has 2 heterocycles. The van der Waals surface area contributed by atoms with Crippen LogP contribution in [0.15, 0.2) is 174 Å². The van der Waals surface area contributed by atoms with E-state index in [0.717, 1.165) is 27.6 Å². The second-order valence-electron chi connectivity index (χ2n) is 11.7. The molecule has 0 bridgehead atoms. The van der Waals surface area contributed by atoms with Crippen molar-refractivity contribution >= 4 is 54.4 Å². The lowest BCUT2D eigenvalue weighted by Gasteiger charge is -2.12. The molecule has 8 aromatic carbocycles. The average Bonchev–Trinajstić information content (AvgIpc) is 3.66. The molecule has 3 heteroatoms. The monoisotopic (exact) mass is 635 g/mol. The first kappa shape index (κ1) is 18.7. The van der Waals surface area contributed by atoms with Crippen LogP contribution in [0.4, 0.5) is 0 Å². The third-order valence-corrected chi connectivity index (χ3v) is 8.94. The van der Waals surface area contributed by atoms with Crippen LogP contribution >= 0.6 is 0 Å². The summed E-state index contributed by atoms with van der Waals surface area (Å²) in [6, 6.07) is 25.4. The van der Waals surface area contributed by atoms with Crippen molar-refractivity contribution < 1.29 is 19.5 Å². The topological polar surface area (TPSA) is 38.9 Å². The Balaban J connectivity index is 1.16. The fraction of sp³-hybridized carbons (Fsp3) is 0. The molecule has 3 nitrogen and oxygen atoms in total. The number of furan rings is 1. The summed E-state index contributed by atoms with van der Waals surface area (Å²) in [4.78, 5) is 9.20. The van der Waals surface area contributed by atoms with Gasteiger partial charge in [0, 0.05) is 10.9 Å². The zero-order chi connectivity index (χ0) is 41.9. The molecule has 0 aliphatic heterocycles. The maximum Gasteiger partial charge on any atom is 0.180 e. The number of nitrogens with zero attached hydrogens (tertiary/aromatic N) is 2. The quantitative estimate of drug-likeness (QED) is 0.181. The fourth-order valence-corrected chi connectivity index (χ4v) is 6.57. The molecule has 0 aliphatic rings. The van der Waals surface area contributed by atoms with Crippen LogP contribution in [-0.2, 0) is 0 Å². The van der Waals surface area contributed by atoms with Crippen LogP contribution in [0.1, 0.15) is 15.1 Å². The summed E-state index contributed by atoms with van der Waals surface area (Å²) in [5, 5.41) is -0.270. The maximum atomic E-state index is 9.62. The molecule has 10 rings (SSSR count). The molecule has 0 aliphatic carbocycles. The molecule has 0 saturated heterocycles. The predicted molar refractivity (Wildman–Crippen MR) is 204 cm³/mol. The molecule has 0 radical (unpaired) electrons. The molecule has 2 aromatic heterocycles. The summed E-state index contributed by atoms with van der Waals surface area (Å²) in [7, 11) is 0. The highest BCUT2D eigenvalue weighted by Crippen LogP contribution is 2.39. The average molecular weight is 636 g/mol. The van der Waals surface area contributed by atoms with Gasteiger partial charge in [0.05, 0.1) is 15.1 Å². The van der Waals surface area contributed by atoms with E-state index in [4.69, 9.17) is 15.4 Å². The SMILES string of the molecule is [2H]c1c([2H])c([2H])c2c(c1[2H])c1c([2H])c([2H])c([2H])c([2H])c1c1c([2H])c(-c3cccc(-c4ncnc5c4oc4ccc(-c6ccc(-c7ccccc7)cc6)cc45)c3)c([2H])c([2H])c21. The van der Waals surface area contributed by atoms with Gasteiger partial charge in [-0.05, 0) is 89.9 Å². The van der Waals surface area contributed by atoms with Crippen molar-refractivity contribution in [2.75, 3.05) is 0 Å². The number of benzene rings is 8. The second kappa shape index (κ2) is 11.0. The summed E-state index contributed by atoms with van der Waals surface area (Å²) in [5.41, 5.74) is 7.16. The van der Waals surface area contributed by atoms with E-state index in [1.165, 1.54) is 6.33 Å². The van der Waals surface area contributed by atoms with Crippen molar-refractivity contribution in [3.63, 3.8) is 0 Å². The minimum atomic E-state index is -0.615. The van der Waals surface area contributed by atoms with Gasteiger partial charge in [-0.3, -0.25) is 0 Å². The van der Waals surface area contributed by atoms with Crippen LogP contribution in [-0.4, -0.2) is 9.97 Å². The van der Waals surface area contributed by atoms with Gasteiger partial charge in [-0.2, -0.15) is 0 Å². The zero-order valence-electron chi connectivity index (χ0n) is 36.6. The lowest BCUT2D eigenvalue weighted by Crippen LogP contribution is -1.88. The van der Waals surface area contributed by atoms with E-state index in [1.807, 2.05) is 36.4 Å². The highest BCUT2D eigenvalue weighted by atomic mass is 16.3. The number of fused-ring (bicyclic) bond motifs is 9. The summed E-state index contributed by atoms with van der Waals surface area (Å²) >= 11 is 0. The number of aromatic nitrogens is 2. The second-order valence-corrected chi connectivity index (χ2v) is 11.7. The smallest absolute Gasteiger partial charge is 0.180 e. The predicted octanol–water partition coefficient (Wildman–Crippen LogP) is 12.5. The highest BCUT2D eigenvalue weighted by Gasteiger charge is 2.17. The van der Waals surface area contributed by atoms with E-state index < -0.39 is 60.4 Å². The van der Waals surface area contributed by atoms with E-state index in [1.54, 1.807) is 24.3 Å². The first-order valence-corrected chi connectivity index (χ1v) is 15.7. The van der Waals surface area contributed by atoms with Crippen molar-refractivity contribution in [2.45, 2.75) is 0 Å². The van der Waals surface area contributed by atoms with Crippen LogP contribution in [0.5, 0.6) is 0 Å². The Bertz CT molecular complexity index is 3450. The van der Waals surface area contributed by atoms with Gasteiger partial charge in [0.2, 0.25) is 0 Å². The molecule has 0 unspecified atom stereocenters. The van der Waals surface area contributed by atoms with Gasteiger partial charge in [0.25, 0.3) is 0 Å². The summed E-state index contributed by atoms with van der Waals surface area (Å²) in [6.45, 7) is 0. The van der Waals surface area contributed by atoms with Crippen molar-refractivity contribution in [3.05, 3.63) is 170 Å². The van der Waals surface area contributed by atoms with E-state index in [2.05, 4.69) is 46.4 Å². The lowest BCUT2D eigenvalue weighted by molar-refractivity contribution is 0.667. The Morgan fingerprint density at radius 2 is 1.00 bits per heavy atom. The van der Waals surface area contributed by atoms with E-state index in [0.29, 0.717) is 33.5 Å². The Hall–Kier alpha value is -6.58. The van der Waals surface area contributed by atoms with E-state index in [9.17, 15) is 4.11 Å². The summed E-state index contributed by atoms with van der Waals surface area (Å²) in [6.07, 6.45) is 1.44. The Kier molecular flexibility index (Phi) is 4.19. The number of hydrogen-bond donors (Lipinski definition) is 0. The van der Waals surface area contributed by atoms with Gasteiger partial charge in [0.15, 0.2) is 5.58 Å². The van der Waals surface area contributed by atoms with E-state index >= 15 is 0 Å². The molecule has 0 fully saturated rings. The van der Waals surface area contributed by atoms with Crippen LogP contribution in [0.25, 0.3) is 99.0 Å². The maximum absolute atomic E-state index is 9.62. The van der Waals surface area contributed by atoms with Gasteiger partial charge in [0.1, 0.15) is 23.1 Å². The van der Waals surface area contributed by atoms with Crippen LogP contribution in [0.3, 0.4) is 0 Å². The number of rotatable bonds is 4. The van der Waals surface area contributed by atoms with Crippen molar-refractivity contribution in [1.29, 1.82) is 0 Å². The van der Waals surface area contributed by atoms with Gasteiger partial charge in [-0.15, -0.1) is 0 Å². The Morgan fingerprint density at radius 1 is 0.429 bits per heavy atom. The molecular weight excluding hydrogens is 597 g/mol. The normalized spacial score (nSPS) is 14.8. The molecule has 10 aromatic rings. The van der Waals surface area contributed by atoms with E-state index in [-0.39, 0.29) is 43.9 Å². The number of hydrogen-bond acceptors (Lipinski definition) is 3. The molecule has 0 N–H and O–H groups in total. The van der Waals surface area contributed by atoms with Crippen molar-refractivity contribution in [3.8, 4) is 44.6 Å². The van der Waals surface area contributed by atoms with Gasteiger partial charge >= 0.3 is 0 Å². The Labute approximate surface area is 298 Å². The first-order chi connectivity index (χ1) is 28.9. The zero-order valence-corrected chi connectivity index (χ0v) is 25.6. The van der Waals surface area contributed by atoms with Gasteiger partial charge < -0.3 is 4.42 Å². The third-order valence-electron chi connectivity index (χ3n) is 8.94. The minimum Gasteiger partial charge on any atom is -0.452 e. The largest absolute Gasteiger partial charge is 0.452 e.